The number of nitrogens with zero attached hydrogens (tertiary/aromatic N) is 3. The molecule has 11 heteroatoms. The summed E-state index contributed by atoms with van der Waals surface area (Å²) in [6, 6.07) is 15.3. The van der Waals surface area contributed by atoms with E-state index in [0.29, 0.717) is 54.3 Å². The Kier molecular flexibility index (Phi) is 10.0. The number of anilines is 1. The van der Waals surface area contributed by atoms with E-state index in [2.05, 4.69) is 15.6 Å². The number of hydrogen-bond acceptors (Lipinski definition) is 8. The summed E-state index contributed by atoms with van der Waals surface area (Å²) < 4.78 is 6.61. The highest BCUT2D eigenvalue weighted by molar-refractivity contribution is 8.00. The first-order valence-corrected chi connectivity index (χ1v) is 15.7. The monoisotopic (exact) mass is 593 g/mol. The third-order valence-corrected chi connectivity index (χ3v) is 9.39. The predicted octanol–water partition coefficient (Wildman–Crippen LogP) is 4.26. The topological polar surface area (TPSA) is 104 Å². The number of nitrogens with one attached hydrogen (secondary N) is 2. The number of carbonyl (C=O) groups is 3. The lowest BCUT2D eigenvalue weighted by Gasteiger charge is -2.34. The molecule has 0 spiro atoms. The molecule has 3 aromatic rings. The van der Waals surface area contributed by atoms with Crippen LogP contribution in [-0.4, -0.2) is 77.9 Å². The minimum Gasteiger partial charge on any atom is -0.377 e. The molecule has 0 bridgehead atoms. The molecule has 2 fully saturated rings. The summed E-state index contributed by atoms with van der Waals surface area (Å²) in [6.45, 7) is 6.23. The van der Waals surface area contributed by atoms with Crippen LogP contribution in [0.1, 0.15) is 51.6 Å². The van der Waals surface area contributed by atoms with Crippen LogP contribution in [0.3, 0.4) is 0 Å². The molecule has 9 nitrogen and oxygen atoms in total. The lowest BCUT2D eigenvalue weighted by atomic mass is 10.1. The molecule has 3 amide bonds. The van der Waals surface area contributed by atoms with Crippen LogP contribution in [0.4, 0.5) is 5.13 Å². The highest BCUT2D eigenvalue weighted by atomic mass is 32.2. The summed E-state index contributed by atoms with van der Waals surface area (Å²) >= 11 is 3.04. The summed E-state index contributed by atoms with van der Waals surface area (Å²) in [4.78, 5) is 45.3. The van der Waals surface area contributed by atoms with Crippen LogP contribution in [0.25, 0.3) is 0 Å². The quantitative estimate of drug-likeness (QED) is 0.339. The number of rotatable bonds is 10. The van der Waals surface area contributed by atoms with Crippen molar-refractivity contribution in [3.8, 4) is 0 Å². The molecular weight excluding hydrogens is 558 g/mol. The van der Waals surface area contributed by atoms with Crippen molar-refractivity contribution in [2.45, 2.75) is 42.4 Å². The second-order valence-electron chi connectivity index (χ2n) is 10.2. The molecule has 2 aliphatic heterocycles. The Morgan fingerprint density at radius 1 is 1.02 bits per heavy atom. The molecule has 41 heavy (non-hydrogen) atoms. The van der Waals surface area contributed by atoms with Crippen molar-refractivity contribution in [3.05, 3.63) is 77.0 Å². The second-order valence-corrected chi connectivity index (χ2v) is 12.5. The van der Waals surface area contributed by atoms with Crippen LogP contribution in [0.5, 0.6) is 0 Å². The van der Waals surface area contributed by atoms with Crippen LogP contribution in [0.15, 0.2) is 58.9 Å². The first kappa shape index (κ1) is 29.2. The average Bonchev–Trinajstić information content (AvgIpc) is 3.68. The van der Waals surface area contributed by atoms with Crippen molar-refractivity contribution >= 4 is 46.0 Å². The van der Waals surface area contributed by atoms with Crippen molar-refractivity contribution in [2.24, 2.45) is 0 Å². The van der Waals surface area contributed by atoms with Gasteiger partial charge in [0, 0.05) is 69.7 Å². The van der Waals surface area contributed by atoms with E-state index in [1.165, 1.54) is 11.3 Å². The molecule has 0 aliphatic carbocycles. The number of ether oxygens (including phenoxy) is 1. The number of hydrogen-bond donors (Lipinski definition) is 2. The fraction of sp³-hybridized carbons (Fsp3) is 0.400. The van der Waals surface area contributed by atoms with E-state index in [9.17, 15) is 14.4 Å². The van der Waals surface area contributed by atoms with Gasteiger partial charge in [0.05, 0.1) is 16.5 Å². The Morgan fingerprint density at radius 2 is 1.80 bits per heavy atom. The summed E-state index contributed by atoms with van der Waals surface area (Å²) in [5.41, 5.74) is 3.39. The SMILES string of the molecule is CC(=O)N1CCN(C(=O)c2cccc(CSc3cnc(NC(=O)c4ccc(CNCC5CCCO5)cc4)s3)c2)CC1. The van der Waals surface area contributed by atoms with Crippen LogP contribution >= 0.6 is 23.1 Å². The normalized spacial score (nSPS) is 17.0. The van der Waals surface area contributed by atoms with Crippen LogP contribution in [0, 0.1) is 0 Å². The molecule has 0 radical (unpaired) electrons. The molecule has 2 N–H and O–H groups in total. The van der Waals surface area contributed by atoms with Gasteiger partial charge in [0.1, 0.15) is 0 Å². The third kappa shape index (κ3) is 8.16. The van der Waals surface area contributed by atoms with E-state index in [1.54, 1.807) is 34.7 Å². The minimum atomic E-state index is -0.190. The Morgan fingerprint density at radius 3 is 2.54 bits per heavy atom. The molecule has 1 aromatic heterocycles. The highest BCUT2D eigenvalue weighted by Gasteiger charge is 2.23. The molecule has 5 rings (SSSR count). The number of thiazole rings is 1. The number of amides is 3. The first-order chi connectivity index (χ1) is 19.9. The molecule has 2 saturated heterocycles. The number of carbonyl (C=O) groups excluding carboxylic acids is 3. The Hall–Kier alpha value is -3.25. The molecule has 0 saturated carbocycles. The zero-order valence-corrected chi connectivity index (χ0v) is 24.8. The standard InChI is InChI=1S/C30H35N5O4S2/c1-21(36)34-11-13-35(14-12-34)29(38)25-5-2-4-23(16-25)20-40-27-19-32-30(41-27)33-28(37)24-9-7-22(8-10-24)17-31-18-26-6-3-15-39-26/h2,4-5,7-10,16,19,26,31H,3,6,11-15,17-18,20H2,1H3,(H,32,33,37). The minimum absolute atomic E-state index is 0.00851. The molecule has 2 aromatic carbocycles. The van der Waals surface area contributed by atoms with Gasteiger partial charge in [-0.15, -0.1) is 11.8 Å². The van der Waals surface area contributed by atoms with Gasteiger partial charge in [-0.2, -0.15) is 0 Å². The molecule has 2 aliphatic rings. The predicted molar refractivity (Wildman–Crippen MR) is 161 cm³/mol. The highest BCUT2D eigenvalue weighted by Crippen LogP contribution is 2.31. The fourth-order valence-corrected chi connectivity index (χ4v) is 6.68. The van der Waals surface area contributed by atoms with Crippen LogP contribution in [0.2, 0.25) is 0 Å². The van der Waals surface area contributed by atoms with E-state index >= 15 is 0 Å². The number of benzene rings is 2. The molecule has 3 heterocycles. The first-order valence-electron chi connectivity index (χ1n) is 13.9. The van der Waals surface area contributed by atoms with Gasteiger partial charge < -0.3 is 19.9 Å². The van der Waals surface area contributed by atoms with Gasteiger partial charge >= 0.3 is 0 Å². The zero-order valence-electron chi connectivity index (χ0n) is 23.1. The maximum absolute atomic E-state index is 13.0. The van der Waals surface area contributed by atoms with E-state index in [1.807, 2.05) is 48.5 Å². The van der Waals surface area contributed by atoms with Gasteiger partial charge in [-0.25, -0.2) is 4.98 Å². The number of thioether (sulfide) groups is 1. The van der Waals surface area contributed by atoms with Crippen LogP contribution < -0.4 is 10.6 Å². The molecule has 1 atom stereocenters. The zero-order chi connectivity index (χ0) is 28.6. The summed E-state index contributed by atoms with van der Waals surface area (Å²) in [6.07, 6.45) is 4.31. The maximum Gasteiger partial charge on any atom is 0.257 e. The lowest BCUT2D eigenvalue weighted by Crippen LogP contribution is -2.50. The van der Waals surface area contributed by atoms with Gasteiger partial charge in [-0.1, -0.05) is 35.6 Å². The van der Waals surface area contributed by atoms with Gasteiger partial charge in [-0.05, 0) is 48.2 Å². The fourth-order valence-electron chi connectivity index (χ4n) is 4.87. The van der Waals surface area contributed by atoms with Crippen molar-refractivity contribution in [1.82, 2.24) is 20.1 Å². The summed E-state index contributed by atoms with van der Waals surface area (Å²) in [7, 11) is 0. The summed E-state index contributed by atoms with van der Waals surface area (Å²) in [5.74, 6) is 0.526. The van der Waals surface area contributed by atoms with Gasteiger partial charge in [0.15, 0.2) is 5.13 Å². The molecule has 216 valence electrons. The van der Waals surface area contributed by atoms with Crippen molar-refractivity contribution in [2.75, 3.05) is 44.6 Å². The van der Waals surface area contributed by atoms with E-state index in [0.717, 1.165) is 47.9 Å². The molecular formula is C30H35N5O4S2. The second kappa shape index (κ2) is 14.1. The van der Waals surface area contributed by atoms with Crippen LogP contribution in [-0.2, 0) is 21.8 Å². The Bertz CT molecular complexity index is 1350. The Balaban J connectivity index is 1.08. The Labute approximate surface area is 248 Å². The molecule has 1 unspecified atom stereocenters. The van der Waals surface area contributed by atoms with Gasteiger partial charge in [0.25, 0.3) is 11.8 Å². The largest absolute Gasteiger partial charge is 0.377 e. The van der Waals surface area contributed by atoms with E-state index in [-0.39, 0.29) is 17.7 Å². The van der Waals surface area contributed by atoms with Gasteiger partial charge in [0.2, 0.25) is 5.91 Å². The third-order valence-electron chi connectivity index (χ3n) is 7.21. The van der Waals surface area contributed by atoms with Crippen molar-refractivity contribution in [3.63, 3.8) is 0 Å². The van der Waals surface area contributed by atoms with E-state index < -0.39 is 0 Å². The smallest absolute Gasteiger partial charge is 0.257 e. The number of piperazine rings is 1. The van der Waals surface area contributed by atoms with E-state index in [4.69, 9.17) is 4.74 Å². The average molecular weight is 594 g/mol. The van der Waals surface area contributed by atoms with Crippen molar-refractivity contribution in [1.29, 1.82) is 0 Å². The maximum atomic E-state index is 13.0. The number of aromatic nitrogens is 1. The summed E-state index contributed by atoms with van der Waals surface area (Å²) in [5, 5.41) is 6.86. The van der Waals surface area contributed by atoms with Gasteiger partial charge in [-0.3, -0.25) is 19.7 Å². The lowest BCUT2D eigenvalue weighted by molar-refractivity contribution is -0.130. The van der Waals surface area contributed by atoms with Crippen molar-refractivity contribution < 1.29 is 19.1 Å².